The van der Waals surface area contributed by atoms with Gasteiger partial charge in [0.15, 0.2) is 5.65 Å². The van der Waals surface area contributed by atoms with Crippen molar-refractivity contribution in [2.24, 2.45) is 5.41 Å². The fourth-order valence-corrected chi connectivity index (χ4v) is 4.20. The van der Waals surface area contributed by atoms with Gasteiger partial charge in [-0.15, -0.1) is 0 Å². The van der Waals surface area contributed by atoms with Crippen LogP contribution in [0.1, 0.15) is 31.2 Å². The third kappa shape index (κ3) is 3.08. The van der Waals surface area contributed by atoms with Crippen LogP contribution in [0, 0.1) is 12.3 Å². The summed E-state index contributed by atoms with van der Waals surface area (Å²) in [6, 6.07) is 1.93. The van der Waals surface area contributed by atoms with Gasteiger partial charge < -0.3 is 15.1 Å². The zero-order valence-electron chi connectivity index (χ0n) is 15.0. The second-order valence-corrected chi connectivity index (χ2v) is 7.66. The van der Waals surface area contributed by atoms with Crippen LogP contribution in [0.3, 0.4) is 0 Å². The minimum Gasteiger partial charge on any atom is -0.324 e. The molecule has 2 fully saturated rings. The predicted octanol–water partition coefficient (Wildman–Crippen LogP) is 2.38. The molecular formula is C18H26N6O. The summed E-state index contributed by atoms with van der Waals surface area (Å²) in [5.41, 5.74) is 2.75. The Labute approximate surface area is 148 Å². The lowest BCUT2D eigenvalue weighted by Crippen LogP contribution is -2.51. The van der Waals surface area contributed by atoms with E-state index in [0.29, 0.717) is 11.1 Å². The Morgan fingerprint density at radius 2 is 2.04 bits per heavy atom. The molecule has 1 spiro atoms. The molecule has 0 bridgehead atoms. The van der Waals surface area contributed by atoms with Crippen molar-refractivity contribution in [3.63, 3.8) is 0 Å². The molecule has 4 rings (SSSR count). The van der Waals surface area contributed by atoms with Crippen LogP contribution in [0.25, 0.3) is 5.65 Å². The monoisotopic (exact) mass is 342 g/mol. The number of amides is 2. The molecule has 1 N–H and O–H groups in total. The van der Waals surface area contributed by atoms with Gasteiger partial charge in [0, 0.05) is 19.3 Å². The maximum absolute atomic E-state index is 12.9. The number of hydrogen-bond acceptors (Lipinski definition) is 4. The van der Waals surface area contributed by atoms with E-state index in [1.165, 1.54) is 25.6 Å². The van der Waals surface area contributed by atoms with Crippen LogP contribution in [0.2, 0.25) is 0 Å². The second-order valence-electron chi connectivity index (χ2n) is 7.66. The van der Waals surface area contributed by atoms with Crippen LogP contribution in [0.5, 0.6) is 0 Å². The molecular weight excluding hydrogens is 316 g/mol. The van der Waals surface area contributed by atoms with Crippen LogP contribution in [0.4, 0.5) is 10.5 Å². The highest BCUT2D eigenvalue weighted by atomic mass is 16.2. The summed E-state index contributed by atoms with van der Waals surface area (Å²) in [6.45, 7) is 5.94. The number of urea groups is 1. The van der Waals surface area contributed by atoms with E-state index in [1.807, 2.05) is 24.1 Å². The first-order chi connectivity index (χ1) is 12.1. The van der Waals surface area contributed by atoms with Gasteiger partial charge in [-0.05, 0) is 69.8 Å². The number of likely N-dealkylation sites (tertiary alicyclic amines) is 2. The van der Waals surface area contributed by atoms with Crippen molar-refractivity contribution in [1.29, 1.82) is 0 Å². The second kappa shape index (κ2) is 6.29. The third-order valence-corrected chi connectivity index (χ3v) is 5.89. The van der Waals surface area contributed by atoms with E-state index >= 15 is 0 Å². The van der Waals surface area contributed by atoms with Crippen LogP contribution in [0.15, 0.2) is 18.6 Å². The van der Waals surface area contributed by atoms with E-state index in [9.17, 15) is 4.79 Å². The van der Waals surface area contributed by atoms with Gasteiger partial charge in [-0.25, -0.2) is 14.3 Å². The van der Waals surface area contributed by atoms with Crippen molar-refractivity contribution in [1.82, 2.24) is 24.4 Å². The Kier molecular flexibility index (Phi) is 4.11. The number of hydrogen-bond donors (Lipinski definition) is 1. The fourth-order valence-electron chi connectivity index (χ4n) is 4.20. The molecule has 0 saturated carbocycles. The summed E-state index contributed by atoms with van der Waals surface area (Å²) in [6.07, 6.45) is 8.08. The van der Waals surface area contributed by atoms with E-state index in [1.54, 1.807) is 4.52 Å². The summed E-state index contributed by atoms with van der Waals surface area (Å²) in [7, 11) is 2.18. The Bertz CT molecular complexity index is 777. The van der Waals surface area contributed by atoms with Gasteiger partial charge in [0.1, 0.15) is 6.33 Å². The zero-order chi connectivity index (χ0) is 17.4. The fraction of sp³-hybridized carbons (Fsp3) is 0.611. The summed E-state index contributed by atoms with van der Waals surface area (Å²) < 4.78 is 1.69. The molecule has 0 radical (unpaired) electrons. The number of rotatable bonds is 1. The van der Waals surface area contributed by atoms with Crippen LogP contribution >= 0.6 is 0 Å². The topological polar surface area (TPSA) is 65.8 Å². The SMILES string of the molecule is Cc1ccn2ncnc2c1NC(=O)N1CCCC2(CCN(C)CC2)C1. The molecule has 0 aliphatic carbocycles. The maximum atomic E-state index is 12.9. The summed E-state index contributed by atoms with van der Waals surface area (Å²) in [5, 5.41) is 7.24. The van der Waals surface area contributed by atoms with Gasteiger partial charge in [-0.1, -0.05) is 0 Å². The molecule has 0 atom stereocenters. The van der Waals surface area contributed by atoms with E-state index in [0.717, 1.165) is 43.9 Å². The molecule has 2 aliphatic rings. The van der Waals surface area contributed by atoms with Gasteiger partial charge in [0.25, 0.3) is 0 Å². The highest BCUT2D eigenvalue weighted by Crippen LogP contribution is 2.39. The van der Waals surface area contributed by atoms with E-state index < -0.39 is 0 Å². The molecule has 2 aromatic heterocycles. The molecule has 0 aromatic carbocycles. The Morgan fingerprint density at radius 1 is 1.24 bits per heavy atom. The van der Waals surface area contributed by atoms with Crippen LogP contribution < -0.4 is 5.32 Å². The van der Waals surface area contributed by atoms with E-state index in [2.05, 4.69) is 27.3 Å². The average Bonchev–Trinajstić information content (AvgIpc) is 3.09. The molecule has 4 heterocycles. The highest BCUT2D eigenvalue weighted by Gasteiger charge is 2.39. The number of carbonyl (C=O) groups is 1. The lowest BCUT2D eigenvalue weighted by molar-refractivity contribution is 0.0486. The maximum Gasteiger partial charge on any atom is 0.321 e. The number of nitrogens with one attached hydrogen (secondary N) is 1. The number of aromatic nitrogens is 3. The highest BCUT2D eigenvalue weighted by molar-refractivity contribution is 5.94. The van der Waals surface area contributed by atoms with Crippen molar-refractivity contribution in [2.75, 3.05) is 38.5 Å². The molecule has 134 valence electrons. The average molecular weight is 342 g/mol. The zero-order valence-corrected chi connectivity index (χ0v) is 15.0. The van der Waals surface area contributed by atoms with Gasteiger partial charge in [-0.3, -0.25) is 0 Å². The van der Waals surface area contributed by atoms with Crippen molar-refractivity contribution in [3.05, 3.63) is 24.2 Å². The number of aryl methyl sites for hydroxylation is 1. The molecule has 2 saturated heterocycles. The molecule has 7 heteroatoms. The lowest BCUT2D eigenvalue weighted by Gasteiger charge is -2.47. The van der Waals surface area contributed by atoms with E-state index in [-0.39, 0.29) is 6.03 Å². The normalized spacial score (nSPS) is 21.0. The minimum absolute atomic E-state index is 0.0165. The van der Waals surface area contributed by atoms with Gasteiger partial charge >= 0.3 is 6.03 Å². The quantitative estimate of drug-likeness (QED) is 0.864. The molecule has 2 aromatic rings. The predicted molar refractivity (Wildman–Crippen MR) is 96.7 cm³/mol. The Hall–Kier alpha value is -2.15. The van der Waals surface area contributed by atoms with Crippen molar-refractivity contribution in [3.8, 4) is 0 Å². The van der Waals surface area contributed by atoms with Crippen LogP contribution in [-0.2, 0) is 0 Å². The Morgan fingerprint density at radius 3 is 2.84 bits per heavy atom. The lowest BCUT2D eigenvalue weighted by atomic mass is 9.72. The van der Waals surface area contributed by atoms with Gasteiger partial charge in [0.2, 0.25) is 0 Å². The molecule has 2 amide bonds. The first-order valence-electron chi connectivity index (χ1n) is 9.10. The number of anilines is 1. The first-order valence-corrected chi connectivity index (χ1v) is 9.10. The third-order valence-electron chi connectivity index (χ3n) is 5.89. The molecule has 2 aliphatic heterocycles. The van der Waals surface area contributed by atoms with Crippen molar-refractivity contribution >= 4 is 17.4 Å². The number of fused-ring (bicyclic) bond motifs is 1. The minimum atomic E-state index is -0.0165. The summed E-state index contributed by atoms with van der Waals surface area (Å²) >= 11 is 0. The van der Waals surface area contributed by atoms with Gasteiger partial charge in [0.05, 0.1) is 5.69 Å². The summed E-state index contributed by atoms with van der Waals surface area (Å²) in [5.74, 6) is 0. The van der Waals surface area contributed by atoms with Crippen LogP contribution in [-0.4, -0.2) is 63.7 Å². The van der Waals surface area contributed by atoms with E-state index in [4.69, 9.17) is 0 Å². The standard InChI is InChI=1S/C18H26N6O/c1-14-4-9-24-16(19-13-20-24)15(14)21-17(25)23-8-3-5-18(12-23)6-10-22(2)11-7-18/h4,9,13H,3,5-8,10-12H2,1-2H3,(H,21,25). The van der Waals surface area contributed by atoms with Gasteiger partial charge in [-0.2, -0.15) is 5.10 Å². The number of nitrogens with zero attached hydrogens (tertiary/aromatic N) is 5. The number of pyridine rings is 1. The van der Waals surface area contributed by atoms with Crippen molar-refractivity contribution in [2.45, 2.75) is 32.6 Å². The summed E-state index contributed by atoms with van der Waals surface area (Å²) in [4.78, 5) is 21.6. The molecule has 7 nitrogen and oxygen atoms in total. The van der Waals surface area contributed by atoms with Crippen molar-refractivity contribution < 1.29 is 4.79 Å². The first kappa shape index (κ1) is 16.3. The number of carbonyl (C=O) groups excluding carboxylic acids is 1. The Balaban J connectivity index is 1.51. The largest absolute Gasteiger partial charge is 0.324 e. The molecule has 25 heavy (non-hydrogen) atoms. The molecule has 0 unspecified atom stereocenters. The number of piperidine rings is 2. The smallest absolute Gasteiger partial charge is 0.321 e.